The van der Waals surface area contributed by atoms with Crippen LogP contribution in [0.4, 0.5) is 14.9 Å². The number of urea groups is 1. The van der Waals surface area contributed by atoms with Crippen LogP contribution in [0.1, 0.15) is 43.0 Å². The number of hydrogen-bond donors (Lipinski definition) is 3. The molecule has 0 saturated heterocycles. The van der Waals surface area contributed by atoms with Crippen LogP contribution in [0.25, 0.3) is 0 Å². The normalized spacial score (nSPS) is 22.4. The molecule has 0 saturated carbocycles. The minimum Gasteiger partial charge on any atom is -0.487 e. The fourth-order valence-electron chi connectivity index (χ4n) is 4.02. The van der Waals surface area contributed by atoms with Gasteiger partial charge in [0.1, 0.15) is 17.2 Å². The van der Waals surface area contributed by atoms with Gasteiger partial charge in [-0.1, -0.05) is 12.1 Å². The summed E-state index contributed by atoms with van der Waals surface area (Å²) in [6, 6.07) is 9.32. The van der Waals surface area contributed by atoms with Crippen molar-refractivity contribution in [2.24, 2.45) is 0 Å². The van der Waals surface area contributed by atoms with Crippen molar-refractivity contribution in [2.45, 2.75) is 50.9 Å². The second-order valence-electron chi connectivity index (χ2n) is 7.90. The molecule has 0 fully saturated rings. The predicted molar refractivity (Wildman–Crippen MR) is 100 cm³/mol. The molecule has 0 spiro atoms. The van der Waals surface area contributed by atoms with Crippen LogP contribution in [0, 0.1) is 5.82 Å². The van der Waals surface area contributed by atoms with Crippen LogP contribution in [0.3, 0.4) is 0 Å². The number of carbonyl (C=O) groups excluding carboxylic acids is 1. The van der Waals surface area contributed by atoms with Gasteiger partial charge in [-0.25, -0.2) is 9.18 Å². The van der Waals surface area contributed by atoms with Gasteiger partial charge in [-0.15, -0.1) is 0 Å². The number of aliphatic hydroxyl groups excluding tert-OH is 1. The third kappa shape index (κ3) is 3.62. The summed E-state index contributed by atoms with van der Waals surface area (Å²) >= 11 is 0. The molecule has 3 N–H and O–H groups in total. The average molecular weight is 370 g/mol. The molecule has 1 aliphatic carbocycles. The maximum absolute atomic E-state index is 13.7. The average Bonchev–Trinajstić information content (AvgIpc) is 2.96. The van der Waals surface area contributed by atoms with E-state index in [1.165, 1.54) is 12.1 Å². The van der Waals surface area contributed by atoms with Gasteiger partial charge in [-0.3, -0.25) is 0 Å². The first-order valence-corrected chi connectivity index (χ1v) is 9.15. The summed E-state index contributed by atoms with van der Waals surface area (Å²) in [5.41, 5.74) is 2.89. The van der Waals surface area contributed by atoms with Gasteiger partial charge in [0, 0.05) is 24.1 Å². The molecule has 4 rings (SSSR count). The number of amides is 2. The fraction of sp³-hybridized carbons (Fsp3) is 0.381. The molecular formula is C21H23FN2O3. The Morgan fingerprint density at radius 1 is 1.26 bits per heavy atom. The van der Waals surface area contributed by atoms with Crippen LogP contribution in [0.2, 0.25) is 0 Å². The van der Waals surface area contributed by atoms with Crippen LogP contribution >= 0.6 is 0 Å². The summed E-state index contributed by atoms with van der Waals surface area (Å²) in [7, 11) is 0. The standard InChI is InChI=1S/C21H23FN2O3/c1-21(2)11-18(16-9-13(22)6-7-19(16)27-21)24-20(26)23-17-5-3-4-12-8-14(25)10-15(12)17/h3-7,9,14,18,25H,8,10-11H2,1-2H3,(H2,23,24,26)/t14-,18+/m0/s1. The first-order chi connectivity index (χ1) is 12.8. The van der Waals surface area contributed by atoms with Crippen molar-refractivity contribution in [1.82, 2.24) is 5.32 Å². The Hall–Kier alpha value is -2.60. The number of rotatable bonds is 2. The van der Waals surface area contributed by atoms with E-state index in [9.17, 15) is 14.3 Å². The molecule has 27 heavy (non-hydrogen) atoms. The second kappa shape index (κ2) is 6.53. The molecule has 142 valence electrons. The summed E-state index contributed by atoms with van der Waals surface area (Å²) in [4.78, 5) is 12.6. The molecule has 0 radical (unpaired) electrons. The van der Waals surface area contributed by atoms with Crippen molar-refractivity contribution in [3.05, 3.63) is 58.9 Å². The SMILES string of the molecule is CC1(C)C[C@@H](NC(=O)Nc2cccc3c2C[C@@H](O)C3)c2cc(F)ccc2O1. The number of nitrogens with one attached hydrogen (secondary N) is 2. The van der Waals surface area contributed by atoms with Gasteiger partial charge in [0.05, 0.1) is 12.1 Å². The lowest BCUT2D eigenvalue weighted by Crippen LogP contribution is -2.42. The van der Waals surface area contributed by atoms with E-state index in [0.717, 1.165) is 11.1 Å². The van der Waals surface area contributed by atoms with E-state index in [4.69, 9.17) is 4.74 Å². The van der Waals surface area contributed by atoms with E-state index in [2.05, 4.69) is 10.6 Å². The predicted octanol–water partition coefficient (Wildman–Crippen LogP) is 3.71. The maximum Gasteiger partial charge on any atom is 0.319 e. The van der Waals surface area contributed by atoms with Crippen LogP contribution < -0.4 is 15.4 Å². The third-order valence-electron chi connectivity index (χ3n) is 5.15. The smallest absolute Gasteiger partial charge is 0.319 e. The minimum absolute atomic E-state index is 0.359. The van der Waals surface area contributed by atoms with Crippen molar-refractivity contribution in [3.63, 3.8) is 0 Å². The highest BCUT2D eigenvalue weighted by Crippen LogP contribution is 2.39. The molecule has 6 heteroatoms. The highest BCUT2D eigenvalue weighted by Gasteiger charge is 2.35. The molecule has 1 aliphatic heterocycles. The van der Waals surface area contributed by atoms with Gasteiger partial charge < -0.3 is 20.5 Å². The lowest BCUT2D eigenvalue weighted by molar-refractivity contribution is 0.0680. The first kappa shape index (κ1) is 17.8. The molecule has 5 nitrogen and oxygen atoms in total. The van der Waals surface area contributed by atoms with Crippen LogP contribution in [-0.2, 0) is 12.8 Å². The lowest BCUT2D eigenvalue weighted by atomic mass is 9.89. The van der Waals surface area contributed by atoms with E-state index in [1.54, 1.807) is 6.07 Å². The second-order valence-corrected chi connectivity index (χ2v) is 7.90. The summed E-state index contributed by atoms with van der Waals surface area (Å²) < 4.78 is 19.6. The van der Waals surface area contributed by atoms with E-state index < -0.39 is 11.7 Å². The van der Waals surface area contributed by atoms with Gasteiger partial charge in [-0.05, 0) is 55.7 Å². The highest BCUT2D eigenvalue weighted by atomic mass is 19.1. The molecule has 2 aromatic carbocycles. The third-order valence-corrected chi connectivity index (χ3v) is 5.15. The number of ether oxygens (including phenoxy) is 1. The van der Waals surface area contributed by atoms with Gasteiger partial charge in [0.15, 0.2) is 0 Å². The monoisotopic (exact) mass is 370 g/mol. The summed E-state index contributed by atoms with van der Waals surface area (Å²) in [6.07, 6.45) is 1.26. The summed E-state index contributed by atoms with van der Waals surface area (Å²) in [6.45, 7) is 3.88. The summed E-state index contributed by atoms with van der Waals surface area (Å²) in [5, 5.41) is 15.7. The lowest BCUT2D eigenvalue weighted by Gasteiger charge is -2.37. The largest absolute Gasteiger partial charge is 0.487 e. The maximum atomic E-state index is 13.7. The van der Waals surface area contributed by atoms with Crippen LogP contribution in [0.15, 0.2) is 36.4 Å². The number of hydrogen-bond acceptors (Lipinski definition) is 3. The Morgan fingerprint density at radius 2 is 2.07 bits per heavy atom. The zero-order valence-corrected chi connectivity index (χ0v) is 15.4. The number of anilines is 1. The quantitative estimate of drug-likeness (QED) is 0.755. The Labute approximate surface area is 157 Å². The number of benzene rings is 2. The molecule has 2 aromatic rings. The number of aliphatic hydroxyl groups is 1. The Bertz CT molecular complexity index is 897. The zero-order chi connectivity index (χ0) is 19.2. The van der Waals surface area contributed by atoms with Crippen molar-refractivity contribution >= 4 is 11.7 Å². The summed E-state index contributed by atoms with van der Waals surface area (Å²) in [5.74, 6) is 0.223. The topological polar surface area (TPSA) is 70.6 Å². The Kier molecular flexibility index (Phi) is 4.30. The van der Waals surface area contributed by atoms with Crippen LogP contribution in [0.5, 0.6) is 5.75 Å². The zero-order valence-electron chi connectivity index (χ0n) is 15.4. The van der Waals surface area contributed by atoms with Crippen molar-refractivity contribution in [3.8, 4) is 5.75 Å². The number of fused-ring (bicyclic) bond motifs is 2. The molecule has 0 unspecified atom stereocenters. The highest BCUT2D eigenvalue weighted by molar-refractivity contribution is 5.90. The van der Waals surface area contributed by atoms with E-state index in [1.807, 2.05) is 32.0 Å². The van der Waals surface area contributed by atoms with Gasteiger partial charge >= 0.3 is 6.03 Å². The molecule has 1 heterocycles. The van der Waals surface area contributed by atoms with Gasteiger partial charge in [-0.2, -0.15) is 0 Å². The fourth-order valence-corrected chi connectivity index (χ4v) is 4.02. The Balaban J connectivity index is 1.54. The molecular weight excluding hydrogens is 347 g/mol. The number of halogens is 1. The molecule has 0 bridgehead atoms. The van der Waals surface area contributed by atoms with E-state index in [0.29, 0.717) is 36.3 Å². The van der Waals surface area contributed by atoms with E-state index >= 15 is 0 Å². The van der Waals surface area contributed by atoms with Crippen molar-refractivity contribution in [2.75, 3.05) is 5.32 Å². The Morgan fingerprint density at radius 3 is 2.89 bits per heavy atom. The molecule has 2 amide bonds. The first-order valence-electron chi connectivity index (χ1n) is 9.15. The van der Waals surface area contributed by atoms with Gasteiger partial charge in [0.25, 0.3) is 0 Å². The van der Waals surface area contributed by atoms with Gasteiger partial charge in [0.2, 0.25) is 0 Å². The van der Waals surface area contributed by atoms with Crippen molar-refractivity contribution < 1.29 is 19.0 Å². The molecule has 2 aliphatic rings. The minimum atomic E-state index is -0.471. The van der Waals surface area contributed by atoms with Crippen molar-refractivity contribution in [1.29, 1.82) is 0 Å². The molecule has 2 atom stereocenters. The number of carbonyl (C=O) groups is 1. The van der Waals surface area contributed by atoms with E-state index in [-0.39, 0.29) is 17.9 Å². The van der Waals surface area contributed by atoms with Crippen LogP contribution in [-0.4, -0.2) is 22.8 Å². The molecule has 0 aromatic heterocycles.